The van der Waals surface area contributed by atoms with Crippen LogP contribution in [0.1, 0.15) is 17.4 Å². The Bertz CT molecular complexity index is 1010. The molecule has 1 unspecified atom stereocenters. The first-order chi connectivity index (χ1) is 12.2. The molecule has 5 heteroatoms. The van der Waals surface area contributed by atoms with Crippen LogP contribution in [0.2, 0.25) is 0 Å². The SMILES string of the molecule is COc1cc2cc(C(O)c3ccc4ncccc4c3)oc2cc1OC. The van der Waals surface area contributed by atoms with Crippen molar-refractivity contribution in [3.05, 3.63) is 66.1 Å². The summed E-state index contributed by atoms with van der Waals surface area (Å²) in [5.41, 5.74) is 2.27. The average Bonchev–Trinajstić information content (AvgIpc) is 3.08. The number of furan rings is 1. The van der Waals surface area contributed by atoms with Crippen LogP contribution in [0.3, 0.4) is 0 Å². The number of aliphatic hydroxyl groups excluding tert-OH is 1. The van der Waals surface area contributed by atoms with E-state index in [1.54, 1.807) is 26.5 Å². The van der Waals surface area contributed by atoms with Gasteiger partial charge in [0.05, 0.1) is 19.7 Å². The van der Waals surface area contributed by atoms with Crippen LogP contribution >= 0.6 is 0 Å². The van der Waals surface area contributed by atoms with Gasteiger partial charge in [-0.2, -0.15) is 0 Å². The molecule has 0 bridgehead atoms. The van der Waals surface area contributed by atoms with Gasteiger partial charge < -0.3 is 19.0 Å². The molecule has 0 radical (unpaired) electrons. The Hall–Kier alpha value is -3.05. The number of rotatable bonds is 4. The van der Waals surface area contributed by atoms with Crippen molar-refractivity contribution in [2.45, 2.75) is 6.10 Å². The monoisotopic (exact) mass is 335 g/mol. The lowest BCUT2D eigenvalue weighted by Gasteiger charge is -2.09. The van der Waals surface area contributed by atoms with E-state index in [2.05, 4.69) is 4.98 Å². The first kappa shape index (κ1) is 15.5. The Morgan fingerprint density at radius 1 is 0.960 bits per heavy atom. The second-order valence-electron chi connectivity index (χ2n) is 5.75. The standard InChI is InChI=1S/C20H17NO4/c1-23-17-9-14-10-19(25-16(14)11-18(17)24-2)20(22)13-5-6-15-12(8-13)4-3-7-21-15/h3-11,20,22H,1-2H3. The van der Waals surface area contributed by atoms with Crippen molar-refractivity contribution in [3.63, 3.8) is 0 Å². The second kappa shape index (κ2) is 6.11. The minimum absolute atomic E-state index is 0.466. The van der Waals surface area contributed by atoms with Crippen molar-refractivity contribution in [1.82, 2.24) is 4.98 Å². The van der Waals surface area contributed by atoms with Gasteiger partial charge in [0.2, 0.25) is 0 Å². The Balaban J connectivity index is 1.76. The number of hydrogen-bond acceptors (Lipinski definition) is 5. The topological polar surface area (TPSA) is 64.7 Å². The van der Waals surface area contributed by atoms with Gasteiger partial charge in [0.25, 0.3) is 0 Å². The summed E-state index contributed by atoms with van der Waals surface area (Å²) in [4.78, 5) is 4.29. The molecule has 0 aliphatic carbocycles. The Labute approximate surface area is 144 Å². The molecule has 0 saturated carbocycles. The third kappa shape index (κ3) is 2.68. The van der Waals surface area contributed by atoms with Gasteiger partial charge in [0.15, 0.2) is 11.5 Å². The number of aliphatic hydroxyl groups is 1. The first-order valence-corrected chi connectivity index (χ1v) is 7.88. The number of aromatic nitrogens is 1. The molecular weight excluding hydrogens is 318 g/mol. The molecule has 0 fully saturated rings. The zero-order valence-corrected chi connectivity index (χ0v) is 13.9. The van der Waals surface area contributed by atoms with E-state index >= 15 is 0 Å². The highest BCUT2D eigenvalue weighted by molar-refractivity contribution is 5.83. The second-order valence-corrected chi connectivity index (χ2v) is 5.75. The van der Waals surface area contributed by atoms with Crippen molar-refractivity contribution in [1.29, 1.82) is 0 Å². The molecule has 0 spiro atoms. The van der Waals surface area contributed by atoms with Gasteiger partial charge in [0.1, 0.15) is 17.4 Å². The minimum Gasteiger partial charge on any atom is -0.493 e. The molecule has 1 atom stereocenters. The van der Waals surface area contributed by atoms with E-state index in [4.69, 9.17) is 13.9 Å². The molecule has 2 aromatic heterocycles. The molecule has 0 amide bonds. The molecule has 4 aromatic rings. The molecule has 0 aliphatic heterocycles. The number of benzene rings is 2. The third-order valence-corrected chi connectivity index (χ3v) is 4.25. The van der Waals surface area contributed by atoms with Gasteiger partial charge in [-0.15, -0.1) is 0 Å². The molecule has 0 aliphatic rings. The number of nitrogens with zero attached hydrogens (tertiary/aromatic N) is 1. The number of fused-ring (bicyclic) bond motifs is 2. The van der Waals surface area contributed by atoms with E-state index in [1.165, 1.54) is 0 Å². The van der Waals surface area contributed by atoms with Crippen molar-refractivity contribution in [2.24, 2.45) is 0 Å². The predicted molar refractivity (Wildman–Crippen MR) is 95.1 cm³/mol. The van der Waals surface area contributed by atoms with E-state index in [0.29, 0.717) is 22.8 Å². The van der Waals surface area contributed by atoms with Crippen molar-refractivity contribution in [3.8, 4) is 11.5 Å². The predicted octanol–water partition coefficient (Wildman–Crippen LogP) is 4.08. The number of ether oxygens (including phenoxy) is 2. The fourth-order valence-corrected chi connectivity index (χ4v) is 2.95. The van der Waals surface area contributed by atoms with Crippen molar-refractivity contribution < 1.29 is 19.0 Å². The Kier molecular flexibility index (Phi) is 3.78. The molecule has 2 heterocycles. The maximum absolute atomic E-state index is 10.7. The van der Waals surface area contributed by atoms with E-state index in [1.807, 2.05) is 42.5 Å². The van der Waals surface area contributed by atoms with E-state index in [0.717, 1.165) is 21.9 Å². The van der Waals surface area contributed by atoms with Gasteiger partial charge >= 0.3 is 0 Å². The highest BCUT2D eigenvalue weighted by atomic mass is 16.5. The van der Waals surface area contributed by atoms with Gasteiger partial charge in [-0.1, -0.05) is 12.1 Å². The van der Waals surface area contributed by atoms with Crippen LogP contribution in [-0.4, -0.2) is 24.3 Å². The van der Waals surface area contributed by atoms with Gasteiger partial charge in [-0.05, 0) is 35.9 Å². The molecule has 4 rings (SSSR count). The summed E-state index contributed by atoms with van der Waals surface area (Å²) in [7, 11) is 3.16. The van der Waals surface area contributed by atoms with E-state index in [9.17, 15) is 5.11 Å². The van der Waals surface area contributed by atoms with E-state index < -0.39 is 6.10 Å². The van der Waals surface area contributed by atoms with Gasteiger partial charge in [-0.25, -0.2) is 0 Å². The molecular formula is C20H17NO4. The lowest BCUT2D eigenvalue weighted by atomic mass is 10.0. The molecule has 25 heavy (non-hydrogen) atoms. The van der Waals surface area contributed by atoms with Gasteiger partial charge in [0, 0.05) is 23.0 Å². The molecule has 126 valence electrons. The average molecular weight is 335 g/mol. The maximum Gasteiger partial charge on any atom is 0.164 e. The number of pyridine rings is 1. The largest absolute Gasteiger partial charge is 0.493 e. The van der Waals surface area contributed by atoms with Crippen LogP contribution in [0.25, 0.3) is 21.9 Å². The lowest BCUT2D eigenvalue weighted by Crippen LogP contribution is -1.97. The molecule has 5 nitrogen and oxygen atoms in total. The van der Waals surface area contributed by atoms with Crippen molar-refractivity contribution in [2.75, 3.05) is 14.2 Å². The van der Waals surface area contributed by atoms with Crippen LogP contribution in [0.5, 0.6) is 11.5 Å². The van der Waals surface area contributed by atoms with E-state index in [-0.39, 0.29) is 0 Å². The third-order valence-electron chi connectivity index (χ3n) is 4.25. The molecule has 0 saturated heterocycles. The summed E-state index contributed by atoms with van der Waals surface area (Å²) in [5, 5.41) is 12.5. The summed E-state index contributed by atoms with van der Waals surface area (Å²) in [5.74, 6) is 1.67. The fraction of sp³-hybridized carbons (Fsp3) is 0.150. The summed E-state index contributed by atoms with van der Waals surface area (Å²) in [6, 6.07) is 14.9. The van der Waals surface area contributed by atoms with Crippen molar-refractivity contribution >= 4 is 21.9 Å². The maximum atomic E-state index is 10.7. The zero-order chi connectivity index (χ0) is 17.4. The lowest BCUT2D eigenvalue weighted by molar-refractivity contribution is 0.192. The van der Waals surface area contributed by atoms with Crippen LogP contribution in [0.4, 0.5) is 0 Å². The Morgan fingerprint density at radius 2 is 1.76 bits per heavy atom. The number of hydrogen-bond donors (Lipinski definition) is 1. The highest BCUT2D eigenvalue weighted by Gasteiger charge is 2.18. The van der Waals surface area contributed by atoms with Crippen LogP contribution in [0, 0.1) is 0 Å². The smallest absolute Gasteiger partial charge is 0.164 e. The normalized spacial score (nSPS) is 12.4. The summed E-state index contributed by atoms with van der Waals surface area (Å²) >= 11 is 0. The van der Waals surface area contributed by atoms with Crippen LogP contribution in [-0.2, 0) is 0 Å². The summed E-state index contributed by atoms with van der Waals surface area (Å²) in [6.07, 6.45) is 0.882. The summed E-state index contributed by atoms with van der Waals surface area (Å²) in [6.45, 7) is 0. The zero-order valence-electron chi connectivity index (χ0n) is 13.9. The Morgan fingerprint density at radius 3 is 2.56 bits per heavy atom. The first-order valence-electron chi connectivity index (χ1n) is 7.88. The highest BCUT2D eigenvalue weighted by Crippen LogP contribution is 2.36. The minimum atomic E-state index is -0.867. The fourth-order valence-electron chi connectivity index (χ4n) is 2.95. The van der Waals surface area contributed by atoms with Crippen LogP contribution < -0.4 is 9.47 Å². The quantitative estimate of drug-likeness (QED) is 0.609. The van der Waals surface area contributed by atoms with Gasteiger partial charge in [-0.3, -0.25) is 4.98 Å². The van der Waals surface area contributed by atoms with Crippen LogP contribution in [0.15, 0.2) is 59.1 Å². The molecule has 2 aromatic carbocycles. The number of methoxy groups -OCH3 is 2. The molecule has 1 N–H and O–H groups in total. The summed E-state index contributed by atoms with van der Waals surface area (Å²) < 4.78 is 16.4.